The first-order valence-electron chi connectivity index (χ1n) is 5.79. The molecule has 1 aliphatic rings. The van der Waals surface area contributed by atoms with Gasteiger partial charge in [0.05, 0.1) is 13.2 Å². The van der Waals surface area contributed by atoms with Gasteiger partial charge in [-0.25, -0.2) is 4.98 Å². The van der Waals surface area contributed by atoms with Crippen molar-refractivity contribution >= 4 is 5.69 Å². The minimum atomic E-state index is 0.739. The van der Waals surface area contributed by atoms with Crippen LogP contribution in [-0.2, 0) is 20.0 Å². The van der Waals surface area contributed by atoms with Crippen molar-refractivity contribution in [1.29, 1.82) is 0 Å². The van der Waals surface area contributed by atoms with Crippen LogP contribution in [0.2, 0.25) is 0 Å². The zero-order valence-electron chi connectivity index (χ0n) is 9.81. The highest BCUT2D eigenvalue weighted by Crippen LogP contribution is 2.27. The van der Waals surface area contributed by atoms with E-state index < -0.39 is 0 Å². The van der Waals surface area contributed by atoms with E-state index in [2.05, 4.69) is 16.4 Å². The zero-order valence-corrected chi connectivity index (χ0v) is 9.81. The first-order chi connectivity index (χ1) is 8.33. The van der Waals surface area contributed by atoms with E-state index in [1.54, 1.807) is 0 Å². The molecule has 0 saturated heterocycles. The Hall–Kier alpha value is -1.97. The molecule has 1 aromatic heterocycles. The van der Waals surface area contributed by atoms with Crippen molar-refractivity contribution < 1.29 is 4.74 Å². The molecular formula is C13H15N3O. The molecule has 1 N–H and O–H groups in total. The quantitative estimate of drug-likeness (QED) is 0.874. The summed E-state index contributed by atoms with van der Waals surface area (Å²) in [5.74, 6) is 2.05. The SMILES string of the molecule is Cn1ccnc1CNc1ccc2c(c1)CCO2. The molecular weight excluding hydrogens is 214 g/mol. The molecule has 0 bridgehead atoms. The predicted octanol–water partition coefficient (Wildman–Crippen LogP) is 1.97. The molecule has 4 nitrogen and oxygen atoms in total. The van der Waals surface area contributed by atoms with Crippen LogP contribution in [0, 0.1) is 0 Å². The molecule has 1 aliphatic heterocycles. The average molecular weight is 229 g/mol. The fourth-order valence-corrected chi connectivity index (χ4v) is 2.04. The van der Waals surface area contributed by atoms with E-state index in [1.165, 1.54) is 5.56 Å². The van der Waals surface area contributed by atoms with Gasteiger partial charge in [0.2, 0.25) is 0 Å². The fourth-order valence-electron chi connectivity index (χ4n) is 2.04. The number of nitrogens with one attached hydrogen (secondary N) is 1. The van der Waals surface area contributed by atoms with E-state index in [0.717, 1.165) is 36.8 Å². The number of imidazole rings is 1. The summed E-state index contributed by atoms with van der Waals surface area (Å²) in [6.45, 7) is 1.54. The molecule has 0 fully saturated rings. The molecule has 0 atom stereocenters. The Kier molecular flexibility index (Phi) is 2.48. The number of aryl methyl sites for hydroxylation is 1. The number of nitrogens with zero attached hydrogens (tertiary/aromatic N) is 2. The highest BCUT2D eigenvalue weighted by Gasteiger charge is 2.11. The van der Waals surface area contributed by atoms with Crippen LogP contribution in [0.4, 0.5) is 5.69 Å². The summed E-state index contributed by atoms with van der Waals surface area (Å²) < 4.78 is 7.50. The summed E-state index contributed by atoms with van der Waals surface area (Å²) in [6, 6.07) is 6.24. The Morgan fingerprint density at radius 2 is 2.41 bits per heavy atom. The van der Waals surface area contributed by atoms with Crippen LogP contribution in [-0.4, -0.2) is 16.2 Å². The minimum absolute atomic E-state index is 0.739. The van der Waals surface area contributed by atoms with Crippen molar-refractivity contribution in [3.8, 4) is 5.75 Å². The van der Waals surface area contributed by atoms with E-state index in [1.807, 2.05) is 36.1 Å². The molecule has 88 valence electrons. The van der Waals surface area contributed by atoms with Gasteiger partial charge in [-0.1, -0.05) is 0 Å². The van der Waals surface area contributed by atoms with Crippen molar-refractivity contribution in [2.24, 2.45) is 7.05 Å². The molecule has 3 rings (SSSR count). The molecule has 0 unspecified atom stereocenters. The number of hydrogen-bond donors (Lipinski definition) is 1. The molecule has 0 radical (unpaired) electrons. The summed E-state index contributed by atoms with van der Waals surface area (Å²) in [6.07, 6.45) is 4.77. The van der Waals surface area contributed by atoms with Gasteiger partial charge in [-0.3, -0.25) is 0 Å². The maximum atomic E-state index is 5.48. The van der Waals surface area contributed by atoms with Gasteiger partial charge in [-0.2, -0.15) is 0 Å². The lowest BCUT2D eigenvalue weighted by molar-refractivity contribution is 0.357. The summed E-state index contributed by atoms with van der Waals surface area (Å²) in [7, 11) is 2.00. The maximum Gasteiger partial charge on any atom is 0.127 e. The maximum absolute atomic E-state index is 5.48. The van der Waals surface area contributed by atoms with Gasteiger partial charge < -0.3 is 14.6 Å². The Morgan fingerprint density at radius 1 is 1.47 bits per heavy atom. The third-order valence-electron chi connectivity index (χ3n) is 3.06. The molecule has 0 aliphatic carbocycles. The van der Waals surface area contributed by atoms with Gasteiger partial charge in [0, 0.05) is 31.5 Å². The highest BCUT2D eigenvalue weighted by atomic mass is 16.5. The van der Waals surface area contributed by atoms with Crippen molar-refractivity contribution in [1.82, 2.24) is 9.55 Å². The summed E-state index contributed by atoms with van der Waals surface area (Å²) in [4.78, 5) is 4.28. The van der Waals surface area contributed by atoms with Crippen LogP contribution in [0.5, 0.6) is 5.75 Å². The average Bonchev–Trinajstić information content (AvgIpc) is 2.94. The lowest BCUT2D eigenvalue weighted by Gasteiger charge is -2.07. The van der Waals surface area contributed by atoms with Gasteiger partial charge in [-0.15, -0.1) is 0 Å². The molecule has 0 amide bonds. The van der Waals surface area contributed by atoms with E-state index in [4.69, 9.17) is 4.74 Å². The van der Waals surface area contributed by atoms with Crippen molar-refractivity contribution in [2.75, 3.05) is 11.9 Å². The topological polar surface area (TPSA) is 39.1 Å². The van der Waals surface area contributed by atoms with Crippen LogP contribution in [0.15, 0.2) is 30.6 Å². The number of hydrogen-bond acceptors (Lipinski definition) is 3. The number of anilines is 1. The normalized spacial score (nSPS) is 13.2. The highest BCUT2D eigenvalue weighted by molar-refractivity contribution is 5.52. The van der Waals surface area contributed by atoms with E-state index in [0.29, 0.717) is 0 Å². The zero-order chi connectivity index (χ0) is 11.7. The first kappa shape index (κ1) is 10.2. The lowest BCUT2D eigenvalue weighted by atomic mass is 10.1. The molecule has 2 heterocycles. The number of ether oxygens (including phenoxy) is 1. The van der Waals surface area contributed by atoms with Crippen LogP contribution < -0.4 is 10.1 Å². The van der Waals surface area contributed by atoms with Crippen molar-refractivity contribution in [3.05, 3.63) is 42.0 Å². The molecule has 1 aromatic carbocycles. The van der Waals surface area contributed by atoms with Crippen LogP contribution in [0.25, 0.3) is 0 Å². The fraction of sp³-hybridized carbons (Fsp3) is 0.308. The standard InChI is InChI=1S/C13H15N3O/c1-16-6-5-14-13(16)9-15-11-2-3-12-10(8-11)4-7-17-12/h2-3,5-6,8,15H,4,7,9H2,1H3. The van der Waals surface area contributed by atoms with E-state index >= 15 is 0 Å². The van der Waals surface area contributed by atoms with Crippen molar-refractivity contribution in [3.63, 3.8) is 0 Å². The molecule has 0 spiro atoms. The van der Waals surface area contributed by atoms with Gasteiger partial charge in [0.25, 0.3) is 0 Å². The predicted molar refractivity (Wildman–Crippen MR) is 66.2 cm³/mol. The smallest absolute Gasteiger partial charge is 0.127 e. The molecule has 4 heteroatoms. The second-order valence-electron chi connectivity index (χ2n) is 4.23. The second kappa shape index (κ2) is 4.13. The van der Waals surface area contributed by atoms with Crippen molar-refractivity contribution in [2.45, 2.75) is 13.0 Å². The van der Waals surface area contributed by atoms with Gasteiger partial charge >= 0.3 is 0 Å². The van der Waals surface area contributed by atoms with Gasteiger partial charge in [0.15, 0.2) is 0 Å². The number of benzene rings is 1. The first-order valence-corrected chi connectivity index (χ1v) is 5.79. The van der Waals surface area contributed by atoms with Crippen LogP contribution >= 0.6 is 0 Å². The number of rotatable bonds is 3. The number of fused-ring (bicyclic) bond motifs is 1. The Bertz CT molecular complexity index is 533. The monoisotopic (exact) mass is 229 g/mol. The third-order valence-corrected chi connectivity index (χ3v) is 3.06. The molecule has 17 heavy (non-hydrogen) atoms. The number of aromatic nitrogens is 2. The minimum Gasteiger partial charge on any atom is -0.493 e. The summed E-state index contributed by atoms with van der Waals surface area (Å²) in [5, 5.41) is 3.38. The van der Waals surface area contributed by atoms with E-state index in [9.17, 15) is 0 Å². The van der Waals surface area contributed by atoms with E-state index in [-0.39, 0.29) is 0 Å². The summed E-state index contributed by atoms with van der Waals surface area (Å²) >= 11 is 0. The Balaban J connectivity index is 1.72. The molecule has 2 aromatic rings. The summed E-state index contributed by atoms with van der Waals surface area (Å²) in [5.41, 5.74) is 2.41. The van der Waals surface area contributed by atoms with Crippen LogP contribution in [0.1, 0.15) is 11.4 Å². The van der Waals surface area contributed by atoms with Gasteiger partial charge in [0.1, 0.15) is 11.6 Å². The molecule has 0 saturated carbocycles. The Labute approximate surface area is 100 Å². The third kappa shape index (κ3) is 1.98. The van der Waals surface area contributed by atoms with Crippen LogP contribution in [0.3, 0.4) is 0 Å². The Morgan fingerprint density at radius 3 is 3.24 bits per heavy atom. The largest absolute Gasteiger partial charge is 0.493 e. The second-order valence-corrected chi connectivity index (χ2v) is 4.23. The van der Waals surface area contributed by atoms with Gasteiger partial charge in [-0.05, 0) is 23.8 Å². The lowest BCUT2D eigenvalue weighted by Crippen LogP contribution is -2.05.